The number of amides is 1. The Labute approximate surface area is 228 Å². The molecule has 0 aliphatic carbocycles. The van der Waals surface area contributed by atoms with Gasteiger partial charge in [-0.15, -0.1) is 0 Å². The molecule has 38 heavy (non-hydrogen) atoms. The van der Waals surface area contributed by atoms with Crippen molar-refractivity contribution in [2.24, 2.45) is 0 Å². The van der Waals surface area contributed by atoms with Crippen LogP contribution in [0.3, 0.4) is 0 Å². The van der Waals surface area contributed by atoms with E-state index in [1.807, 2.05) is 6.92 Å². The second-order valence-electron chi connectivity index (χ2n) is 8.41. The van der Waals surface area contributed by atoms with E-state index in [4.69, 9.17) is 32.7 Å². The minimum atomic E-state index is -1.09. The predicted molar refractivity (Wildman–Crippen MR) is 143 cm³/mol. The Morgan fingerprint density at radius 1 is 1.03 bits per heavy atom. The van der Waals surface area contributed by atoms with Crippen LogP contribution in [-0.2, 0) is 14.3 Å². The maximum absolute atomic E-state index is 13.4. The summed E-state index contributed by atoms with van der Waals surface area (Å²) in [4.78, 5) is 40.2. The highest BCUT2D eigenvalue weighted by Crippen LogP contribution is 2.45. The van der Waals surface area contributed by atoms with Crippen molar-refractivity contribution in [1.29, 1.82) is 0 Å². The van der Waals surface area contributed by atoms with Gasteiger partial charge in [-0.1, -0.05) is 42.3 Å². The normalized spacial score (nSPS) is 16.5. The lowest BCUT2D eigenvalue weighted by Crippen LogP contribution is -2.29. The quantitative estimate of drug-likeness (QED) is 0.161. The highest BCUT2D eigenvalue weighted by Gasteiger charge is 2.47. The minimum Gasteiger partial charge on any atom is -0.508 e. The molecule has 1 aliphatic heterocycles. The standard InChI is InChI=1S/C28H23Cl2NO7/c1-3-12-38-28(36)16-4-8-18(9-5-16)31-23(15-6-10-19(32)11-7-15)22(25(34)27(31)35)24(33)20-13-17(29)14-21(30)26(20)37-2/h4-11,13-14,23,32-33H,3,12H2,1-2H3/b24-22+. The van der Waals surface area contributed by atoms with E-state index in [0.717, 1.165) is 0 Å². The third kappa shape index (κ3) is 5.05. The highest BCUT2D eigenvalue weighted by molar-refractivity contribution is 6.52. The number of phenols is 1. The van der Waals surface area contributed by atoms with Crippen molar-refractivity contribution in [1.82, 2.24) is 0 Å². The minimum absolute atomic E-state index is 0.0241. The SMILES string of the molecule is CCCOC(=O)c1ccc(N2C(=O)C(=O)/C(=C(/O)c3cc(Cl)cc(Cl)c3OC)C2c2ccc(O)cc2)cc1. The number of aromatic hydroxyl groups is 1. The summed E-state index contributed by atoms with van der Waals surface area (Å²) in [6.07, 6.45) is 0.670. The summed E-state index contributed by atoms with van der Waals surface area (Å²) >= 11 is 12.4. The van der Waals surface area contributed by atoms with E-state index in [-0.39, 0.29) is 44.9 Å². The number of hydrogen-bond donors (Lipinski definition) is 2. The van der Waals surface area contributed by atoms with Gasteiger partial charge < -0.3 is 19.7 Å². The summed E-state index contributed by atoms with van der Waals surface area (Å²) in [5.41, 5.74) is 0.803. The highest BCUT2D eigenvalue weighted by atomic mass is 35.5. The summed E-state index contributed by atoms with van der Waals surface area (Å²) in [7, 11) is 1.34. The molecule has 0 spiro atoms. The van der Waals surface area contributed by atoms with Crippen LogP contribution < -0.4 is 9.64 Å². The third-order valence-electron chi connectivity index (χ3n) is 5.94. The van der Waals surface area contributed by atoms with Crippen molar-refractivity contribution in [3.8, 4) is 11.5 Å². The number of aliphatic hydroxyl groups is 1. The van der Waals surface area contributed by atoms with Crippen LogP contribution in [0.5, 0.6) is 11.5 Å². The van der Waals surface area contributed by atoms with Gasteiger partial charge in [-0.2, -0.15) is 0 Å². The molecule has 8 nitrogen and oxygen atoms in total. The first-order valence-electron chi connectivity index (χ1n) is 11.6. The van der Waals surface area contributed by atoms with Crippen molar-refractivity contribution in [3.63, 3.8) is 0 Å². The number of carbonyl (C=O) groups is 3. The molecule has 196 valence electrons. The second-order valence-corrected chi connectivity index (χ2v) is 9.26. The Hall–Kier alpha value is -4.01. The molecule has 1 amide bonds. The molecular weight excluding hydrogens is 533 g/mol. The lowest BCUT2D eigenvalue weighted by molar-refractivity contribution is -0.132. The fourth-order valence-electron chi connectivity index (χ4n) is 4.20. The molecule has 3 aromatic rings. The van der Waals surface area contributed by atoms with Crippen LogP contribution in [0.15, 0.2) is 66.2 Å². The number of aliphatic hydroxyl groups excluding tert-OH is 1. The number of carbonyl (C=O) groups excluding carboxylic acids is 3. The number of benzene rings is 3. The predicted octanol–water partition coefficient (Wildman–Crippen LogP) is 5.90. The number of ketones is 1. The Morgan fingerprint density at radius 2 is 1.68 bits per heavy atom. The van der Waals surface area contributed by atoms with Crippen molar-refractivity contribution in [3.05, 3.63) is 93.0 Å². The Kier molecular flexibility index (Phi) is 7.94. The molecule has 2 N–H and O–H groups in total. The van der Waals surface area contributed by atoms with Crippen LogP contribution in [0.1, 0.15) is 40.9 Å². The average molecular weight is 556 g/mol. The van der Waals surface area contributed by atoms with Gasteiger partial charge in [0.25, 0.3) is 11.7 Å². The number of anilines is 1. The number of hydrogen-bond acceptors (Lipinski definition) is 7. The van der Waals surface area contributed by atoms with Crippen LogP contribution in [0.4, 0.5) is 5.69 Å². The zero-order chi connectivity index (χ0) is 27.6. The molecule has 3 aromatic carbocycles. The molecule has 0 saturated carbocycles. The largest absolute Gasteiger partial charge is 0.508 e. The van der Waals surface area contributed by atoms with Crippen LogP contribution in [-0.4, -0.2) is 41.6 Å². The maximum atomic E-state index is 13.4. The fourth-order valence-corrected chi connectivity index (χ4v) is 4.77. The van der Waals surface area contributed by atoms with Gasteiger partial charge in [0.1, 0.15) is 17.3 Å². The number of nitrogens with zero attached hydrogens (tertiary/aromatic N) is 1. The first-order chi connectivity index (χ1) is 18.2. The molecule has 1 fully saturated rings. The van der Waals surface area contributed by atoms with E-state index < -0.39 is 29.5 Å². The van der Waals surface area contributed by atoms with Gasteiger partial charge in [-0.3, -0.25) is 14.5 Å². The molecule has 10 heteroatoms. The molecule has 1 unspecified atom stereocenters. The number of rotatable bonds is 7. The lowest BCUT2D eigenvalue weighted by Gasteiger charge is -2.26. The number of phenolic OH excluding ortho intramolecular Hbond substituents is 1. The topological polar surface area (TPSA) is 113 Å². The Morgan fingerprint density at radius 3 is 2.29 bits per heavy atom. The monoisotopic (exact) mass is 555 g/mol. The van der Waals surface area contributed by atoms with Crippen molar-refractivity contribution in [2.75, 3.05) is 18.6 Å². The number of ether oxygens (including phenoxy) is 2. The van der Waals surface area contributed by atoms with Gasteiger partial charge in [-0.25, -0.2) is 4.79 Å². The van der Waals surface area contributed by atoms with E-state index >= 15 is 0 Å². The molecule has 1 atom stereocenters. The smallest absolute Gasteiger partial charge is 0.338 e. The van der Waals surface area contributed by atoms with E-state index in [1.54, 1.807) is 0 Å². The molecule has 1 heterocycles. The summed E-state index contributed by atoms with van der Waals surface area (Å²) in [6, 6.07) is 13.6. The van der Waals surface area contributed by atoms with Gasteiger partial charge >= 0.3 is 5.97 Å². The first kappa shape index (κ1) is 27.0. The van der Waals surface area contributed by atoms with Gasteiger partial charge in [-0.05, 0) is 60.5 Å². The van der Waals surface area contributed by atoms with Crippen LogP contribution in [0, 0.1) is 0 Å². The number of halogens is 2. The van der Waals surface area contributed by atoms with Crippen molar-refractivity contribution in [2.45, 2.75) is 19.4 Å². The van der Waals surface area contributed by atoms with Gasteiger partial charge in [0, 0.05) is 10.7 Å². The Balaban J connectivity index is 1.89. The van der Waals surface area contributed by atoms with E-state index in [9.17, 15) is 24.6 Å². The summed E-state index contributed by atoms with van der Waals surface area (Å²) < 4.78 is 10.5. The summed E-state index contributed by atoms with van der Waals surface area (Å²) in [5.74, 6) is -2.86. The molecule has 1 aliphatic rings. The van der Waals surface area contributed by atoms with Crippen molar-refractivity contribution >= 4 is 52.3 Å². The van der Waals surface area contributed by atoms with Gasteiger partial charge in [0.15, 0.2) is 0 Å². The van der Waals surface area contributed by atoms with Crippen LogP contribution in [0.2, 0.25) is 10.0 Å². The Bertz CT molecular complexity index is 1430. The zero-order valence-corrected chi connectivity index (χ0v) is 21.9. The van der Waals surface area contributed by atoms with E-state index in [0.29, 0.717) is 17.7 Å². The molecule has 0 aromatic heterocycles. The zero-order valence-electron chi connectivity index (χ0n) is 20.4. The second kappa shape index (κ2) is 11.2. The molecule has 4 rings (SSSR count). The fraction of sp³-hybridized carbons (Fsp3) is 0.179. The molecule has 0 radical (unpaired) electrons. The molecular formula is C28H23Cl2NO7. The van der Waals surface area contributed by atoms with Crippen LogP contribution >= 0.6 is 23.2 Å². The maximum Gasteiger partial charge on any atom is 0.338 e. The first-order valence-corrected chi connectivity index (χ1v) is 12.3. The number of methoxy groups -OCH3 is 1. The van der Waals surface area contributed by atoms with Crippen LogP contribution in [0.25, 0.3) is 5.76 Å². The van der Waals surface area contributed by atoms with Crippen molar-refractivity contribution < 1.29 is 34.1 Å². The summed E-state index contributed by atoms with van der Waals surface area (Å²) in [6.45, 7) is 2.15. The number of esters is 1. The van der Waals surface area contributed by atoms with E-state index in [1.165, 1.54) is 72.7 Å². The lowest BCUT2D eigenvalue weighted by atomic mass is 9.94. The molecule has 0 bridgehead atoms. The third-order valence-corrected chi connectivity index (χ3v) is 6.44. The van der Waals surface area contributed by atoms with E-state index in [2.05, 4.69) is 0 Å². The molecule has 1 saturated heterocycles. The average Bonchev–Trinajstić information content (AvgIpc) is 3.17. The van der Waals surface area contributed by atoms with Gasteiger partial charge in [0.2, 0.25) is 0 Å². The number of Topliss-reactive ketones (excluding diaryl/α,β-unsaturated/α-hetero) is 1. The summed E-state index contributed by atoms with van der Waals surface area (Å²) in [5, 5.41) is 21.5. The van der Waals surface area contributed by atoms with Gasteiger partial charge in [0.05, 0.1) is 41.5 Å².